The van der Waals surface area contributed by atoms with Crippen LogP contribution < -0.4 is 10.6 Å². The molecule has 2 rings (SSSR count). The van der Waals surface area contributed by atoms with Crippen LogP contribution >= 0.6 is 0 Å². The first-order valence-corrected chi connectivity index (χ1v) is 12.7. The van der Waals surface area contributed by atoms with Gasteiger partial charge >= 0.3 is 0 Å². The summed E-state index contributed by atoms with van der Waals surface area (Å²) in [7, 11) is 0. The Kier molecular flexibility index (Phi) is 9.64. The first-order chi connectivity index (χ1) is 16.5. The molecule has 0 radical (unpaired) electrons. The molecule has 0 spiro atoms. The smallest absolute Gasteiger partial charge is 0.235 e. The van der Waals surface area contributed by atoms with Gasteiger partial charge in [0.2, 0.25) is 11.8 Å². The van der Waals surface area contributed by atoms with Crippen LogP contribution in [0.4, 0.5) is 0 Å². The zero-order valence-corrected chi connectivity index (χ0v) is 22.0. The number of hydrogen-bond acceptors (Lipinski definition) is 4. The van der Waals surface area contributed by atoms with Gasteiger partial charge < -0.3 is 20.8 Å². The average molecular weight is 483 g/mol. The van der Waals surface area contributed by atoms with Gasteiger partial charge in [-0.1, -0.05) is 88.4 Å². The maximum absolute atomic E-state index is 13.5. The van der Waals surface area contributed by atoms with Gasteiger partial charge in [-0.05, 0) is 50.7 Å². The fourth-order valence-corrected chi connectivity index (χ4v) is 4.39. The second-order valence-corrected chi connectivity index (χ2v) is 9.88. The van der Waals surface area contributed by atoms with E-state index in [2.05, 4.69) is 10.6 Å². The van der Waals surface area contributed by atoms with Crippen molar-refractivity contribution < 1.29 is 19.8 Å². The van der Waals surface area contributed by atoms with Crippen LogP contribution in [0.25, 0.3) is 0 Å². The largest absolute Gasteiger partial charge is 0.387 e. The molecule has 2 atom stereocenters. The quantitative estimate of drug-likeness (QED) is 0.326. The highest BCUT2D eigenvalue weighted by molar-refractivity contribution is 6.04. The number of carbonyl (C=O) groups excluding carboxylic acids is 2. The minimum absolute atomic E-state index is 0.437. The molecule has 0 aliphatic rings. The zero-order chi connectivity index (χ0) is 26.3. The van der Waals surface area contributed by atoms with Gasteiger partial charge in [0.1, 0.15) is 5.41 Å². The molecule has 0 heterocycles. The summed E-state index contributed by atoms with van der Waals surface area (Å²) in [5.74, 6) is -0.986. The van der Waals surface area contributed by atoms with Gasteiger partial charge in [-0.2, -0.15) is 0 Å². The normalized spacial score (nSPS) is 14.2. The summed E-state index contributed by atoms with van der Waals surface area (Å²) >= 11 is 0. The second-order valence-electron chi connectivity index (χ2n) is 9.88. The third-order valence-corrected chi connectivity index (χ3v) is 7.48. The average Bonchev–Trinajstić information content (AvgIpc) is 2.89. The Morgan fingerprint density at radius 3 is 1.20 bits per heavy atom. The van der Waals surface area contributed by atoms with Crippen molar-refractivity contribution in [3.05, 3.63) is 71.8 Å². The molecule has 192 valence electrons. The molecule has 0 saturated carbocycles. The van der Waals surface area contributed by atoms with Crippen LogP contribution in [0.15, 0.2) is 60.7 Å². The minimum Gasteiger partial charge on any atom is -0.387 e. The molecule has 2 amide bonds. The van der Waals surface area contributed by atoms with Gasteiger partial charge in [0.25, 0.3) is 0 Å². The van der Waals surface area contributed by atoms with Crippen LogP contribution in [0.3, 0.4) is 0 Å². The van der Waals surface area contributed by atoms with Crippen LogP contribution in [0, 0.1) is 5.41 Å². The summed E-state index contributed by atoms with van der Waals surface area (Å²) in [6.07, 6.45) is 1.75. The molecule has 35 heavy (non-hydrogen) atoms. The number of aliphatic hydroxyl groups is 2. The Hall–Kier alpha value is -2.70. The summed E-state index contributed by atoms with van der Waals surface area (Å²) in [6.45, 7) is 10.6. The highest BCUT2D eigenvalue weighted by Crippen LogP contribution is 2.35. The van der Waals surface area contributed by atoms with Crippen molar-refractivity contribution in [1.82, 2.24) is 10.6 Å². The van der Waals surface area contributed by atoms with Crippen LogP contribution in [0.2, 0.25) is 0 Å². The van der Waals surface area contributed by atoms with Crippen molar-refractivity contribution in [2.45, 2.75) is 90.5 Å². The van der Waals surface area contributed by atoms with Crippen molar-refractivity contribution >= 4 is 11.8 Å². The molecule has 0 bridgehead atoms. The van der Waals surface area contributed by atoms with E-state index in [1.165, 1.54) is 0 Å². The zero-order valence-electron chi connectivity index (χ0n) is 22.0. The summed E-state index contributed by atoms with van der Waals surface area (Å²) < 4.78 is 0. The molecule has 0 fully saturated rings. The minimum atomic E-state index is -1.45. The fourth-order valence-electron chi connectivity index (χ4n) is 4.39. The number of rotatable bonds is 12. The number of amides is 2. The van der Waals surface area contributed by atoms with Crippen LogP contribution in [0.1, 0.15) is 90.4 Å². The standard InChI is InChI=1S/C29H42N2O4/c1-7-28(34,8-2)23(21-17-13-11-14-18-21)30-25(32)27(5,6)26(33)31-24(29(35,9-3)10-4)22-19-15-12-16-20-22/h11-20,23-24,34-35H,7-10H2,1-6H3,(H,30,32)(H,31,33)/t23-,24-/m1/s1. The van der Waals surface area contributed by atoms with Gasteiger partial charge in [-0.3, -0.25) is 9.59 Å². The molecule has 0 unspecified atom stereocenters. The van der Waals surface area contributed by atoms with Gasteiger partial charge in [-0.25, -0.2) is 0 Å². The number of nitrogens with one attached hydrogen (secondary N) is 2. The van der Waals surface area contributed by atoms with Crippen molar-refractivity contribution in [3.63, 3.8) is 0 Å². The lowest BCUT2D eigenvalue weighted by Gasteiger charge is -2.39. The lowest BCUT2D eigenvalue weighted by molar-refractivity contribution is -0.145. The summed E-state index contributed by atoms with van der Waals surface area (Å²) in [5.41, 5.74) is -2.24. The van der Waals surface area contributed by atoms with E-state index in [0.717, 1.165) is 11.1 Å². The predicted octanol–water partition coefficient (Wildman–Crippen LogP) is 4.83. The van der Waals surface area contributed by atoms with E-state index < -0.39 is 40.5 Å². The van der Waals surface area contributed by atoms with Crippen molar-refractivity contribution in [1.29, 1.82) is 0 Å². The molecule has 0 aliphatic carbocycles. The first-order valence-electron chi connectivity index (χ1n) is 12.7. The second kappa shape index (κ2) is 11.8. The maximum Gasteiger partial charge on any atom is 0.235 e. The van der Waals surface area contributed by atoms with E-state index in [4.69, 9.17) is 0 Å². The molecule has 0 aliphatic heterocycles. The third-order valence-electron chi connectivity index (χ3n) is 7.48. The number of carbonyl (C=O) groups is 2. The SMILES string of the molecule is CCC(O)(CC)[C@H](NC(=O)C(C)(C)C(=O)N[C@H](c1ccccc1)C(O)(CC)CC)c1ccccc1. The monoisotopic (exact) mass is 482 g/mol. The Labute approximate surface area is 210 Å². The molecular weight excluding hydrogens is 440 g/mol. The molecule has 6 heteroatoms. The molecular formula is C29H42N2O4. The highest BCUT2D eigenvalue weighted by Gasteiger charge is 2.44. The first kappa shape index (κ1) is 28.5. The number of benzene rings is 2. The molecule has 2 aromatic carbocycles. The Bertz CT molecular complexity index is 874. The topological polar surface area (TPSA) is 98.7 Å². The van der Waals surface area contributed by atoms with E-state index in [-0.39, 0.29) is 0 Å². The van der Waals surface area contributed by atoms with Gasteiger partial charge in [0.05, 0.1) is 23.3 Å². The van der Waals surface area contributed by atoms with Gasteiger partial charge in [-0.15, -0.1) is 0 Å². The third kappa shape index (κ3) is 6.30. The fraction of sp³-hybridized carbons (Fsp3) is 0.517. The van der Waals surface area contributed by atoms with E-state index in [9.17, 15) is 19.8 Å². The molecule has 0 saturated heterocycles. The van der Waals surface area contributed by atoms with E-state index in [1.54, 1.807) is 13.8 Å². The molecule has 2 aromatic rings. The lowest BCUT2D eigenvalue weighted by atomic mass is 9.81. The summed E-state index contributed by atoms with van der Waals surface area (Å²) in [4.78, 5) is 27.1. The Morgan fingerprint density at radius 1 is 0.657 bits per heavy atom. The van der Waals surface area contributed by atoms with E-state index in [1.807, 2.05) is 88.4 Å². The molecule has 6 nitrogen and oxygen atoms in total. The van der Waals surface area contributed by atoms with Gasteiger partial charge in [0.15, 0.2) is 0 Å². The molecule has 4 N–H and O–H groups in total. The van der Waals surface area contributed by atoms with Crippen LogP contribution in [-0.2, 0) is 9.59 Å². The van der Waals surface area contributed by atoms with Crippen molar-refractivity contribution in [3.8, 4) is 0 Å². The summed E-state index contributed by atoms with van der Waals surface area (Å²) in [5, 5.41) is 28.6. The van der Waals surface area contributed by atoms with Crippen LogP contribution in [-0.4, -0.2) is 33.2 Å². The predicted molar refractivity (Wildman–Crippen MR) is 139 cm³/mol. The highest BCUT2D eigenvalue weighted by atomic mass is 16.3. The Balaban J connectivity index is 2.36. The van der Waals surface area contributed by atoms with Crippen molar-refractivity contribution in [2.75, 3.05) is 0 Å². The van der Waals surface area contributed by atoms with Crippen molar-refractivity contribution in [2.24, 2.45) is 5.41 Å². The maximum atomic E-state index is 13.5. The van der Waals surface area contributed by atoms with Crippen LogP contribution in [0.5, 0.6) is 0 Å². The lowest BCUT2D eigenvalue weighted by Crippen LogP contribution is -2.55. The van der Waals surface area contributed by atoms with Gasteiger partial charge in [0, 0.05) is 0 Å². The van der Waals surface area contributed by atoms with E-state index in [0.29, 0.717) is 25.7 Å². The van der Waals surface area contributed by atoms with E-state index >= 15 is 0 Å². The Morgan fingerprint density at radius 2 is 0.943 bits per heavy atom. The molecule has 0 aromatic heterocycles. The summed E-state index contributed by atoms with van der Waals surface area (Å²) in [6, 6.07) is 17.3. The number of hydrogen-bond donors (Lipinski definition) is 4.